The standard InChI is InChI=1S/C43H49ClN6O7S/c1-27-26-58-41-35(57-43(56)48-19-17-47(2)18-20-48)23-34-40(39(27)41)29(24-44)25-50(34)42(55)33-22-28-21-30(12-13-32(28)46-33)45-36(52)11-7-3-5-9-31(51)10-6-4-8-16-49-37(53)14-15-38(49)54/h12-15,21-23,26,29,46H,3-11,16-20,24-25H2,1-2H3,(H,45,52)/t29-/m0/s1. The first-order chi connectivity index (χ1) is 28.0. The van der Waals surface area contributed by atoms with E-state index in [4.69, 9.17) is 16.3 Å². The number of benzene rings is 2. The summed E-state index contributed by atoms with van der Waals surface area (Å²) >= 11 is 8.06. The predicted molar refractivity (Wildman–Crippen MR) is 226 cm³/mol. The van der Waals surface area contributed by atoms with Gasteiger partial charge in [-0.3, -0.25) is 28.9 Å². The van der Waals surface area contributed by atoms with Crippen LogP contribution >= 0.6 is 22.9 Å². The zero-order valence-corrected chi connectivity index (χ0v) is 34.5. The number of thiophene rings is 1. The number of amides is 5. The van der Waals surface area contributed by atoms with Crippen molar-refractivity contribution in [2.45, 2.75) is 70.6 Å². The third-order valence-electron chi connectivity index (χ3n) is 11.2. The van der Waals surface area contributed by atoms with Crippen LogP contribution in [0.15, 0.2) is 47.9 Å². The molecule has 5 heterocycles. The van der Waals surface area contributed by atoms with Crippen molar-refractivity contribution in [2.75, 3.05) is 62.4 Å². The fourth-order valence-electron chi connectivity index (χ4n) is 7.97. The molecule has 58 heavy (non-hydrogen) atoms. The second kappa shape index (κ2) is 18.3. The summed E-state index contributed by atoms with van der Waals surface area (Å²) in [7, 11) is 2.03. The molecule has 2 N–H and O–H groups in total. The van der Waals surface area contributed by atoms with Gasteiger partial charge in [-0.05, 0) is 80.4 Å². The fraction of sp³-hybridized carbons (Fsp3) is 0.442. The third-order valence-corrected chi connectivity index (χ3v) is 12.7. The van der Waals surface area contributed by atoms with Crippen molar-refractivity contribution in [3.05, 3.63) is 64.7 Å². The minimum Gasteiger partial charge on any atom is -0.409 e. The van der Waals surface area contributed by atoms with Gasteiger partial charge >= 0.3 is 6.09 Å². The second-order valence-corrected chi connectivity index (χ2v) is 16.6. The number of nitrogens with one attached hydrogen (secondary N) is 2. The van der Waals surface area contributed by atoms with E-state index in [1.807, 2.05) is 37.6 Å². The number of rotatable bonds is 16. The molecule has 3 aliphatic heterocycles. The maximum Gasteiger partial charge on any atom is 0.415 e. The smallest absolute Gasteiger partial charge is 0.409 e. The highest BCUT2D eigenvalue weighted by Crippen LogP contribution is 2.49. The predicted octanol–water partition coefficient (Wildman–Crippen LogP) is 7.36. The first-order valence-electron chi connectivity index (χ1n) is 20.1. The van der Waals surface area contributed by atoms with Gasteiger partial charge in [-0.25, -0.2) is 4.79 Å². The number of nitrogens with zero attached hydrogens (tertiary/aromatic N) is 4. The van der Waals surface area contributed by atoms with E-state index in [-0.39, 0.29) is 35.3 Å². The van der Waals surface area contributed by atoms with Crippen LogP contribution in [0.3, 0.4) is 0 Å². The summed E-state index contributed by atoms with van der Waals surface area (Å²) in [4.78, 5) is 86.0. The van der Waals surface area contributed by atoms with E-state index in [9.17, 15) is 28.8 Å². The summed E-state index contributed by atoms with van der Waals surface area (Å²) in [6.45, 7) is 5.50. The Hall–Kier alpha value is -5.05. The molecule has 0 aliphatic carbocycles. The number of H-pyrrole nitrogens is 1. The molecular weight excluding hydrogens is 780 g/mol. The highest BCUT2D eigenvalue weighted by molar-refractivity contribution is 7.17. The van der Waals surface area contributed by atoms with Crippen LogP contribution in [0.4, 0.5) is 16.2 Å². The molecule has 1 atom stereocenters. The van der Waals surface area contributed by atoms with Crippen molar-refractivity contribution in [2.24, 2.45) is 0 Å². The molecule has 2 aromatic carbocycles. The average Bonchev–Trinajstić information content (AvgIpc) is 3.98. The van der Waals surface area contributed by atoms with Gasteiger partial charge in [-0.1, -0.05) is 12.8 Å². The van der Waals surface area contributed by atoms with E-state index in [1.165, 1.54) is 28.4 Å². The van der Waals surface area contributed by atoms with Gasteiger partial charge in [0.1, 0.15) is 11.5 Å². The summed E-state index contributed by atoms with van der Waals surface area (Å²) in [6, 6.07) is 9.07. The number of aromatic amines is 1. The number of hydrogen-bond acceptors (Lipinski definition) is 9. The fourth-order valence-corrected chi connectivity index (χ4v) is 9.24. The number of ketones is 1. The van der Waals surface area contributed by atoms with Crippen molar-refractivity contribution in [3.8, 4) is 5.75 Å². The molecule has 0 radical (unpaired) electrons. The molecule has 15 heteroatoms. The van der Waals surface area contributed by atoms with Gasteiger partial charge < -0.3 is 29.7 Å². The van der Waals surface area contributed by atoms with Crippen LogP contribution < -0.4 is 15.0 Å². The molecular formula is C43H49ClN6O7S. The second-order valence-electron chi connectivity index (χ2n) is 15.5. The van der Waals surface area contributed by atoms with Crippen molar-refractivity contribution >= 4 is 90.8 Å². The van der Waals surface area contributed by atoms with Crippen molar-refractivity contribution in [3.63, 3.8) is 0 Å². The van der Waals surface area contributed by atoms with E-state index < -0.39 is 6.09 Å². The highest BCUT2D eigenvalue weighted by atomic mass is 35.5. The van der Waals surface area contributed by atoms with Crippen molar-refractivity contribution < 1.29 is 33.5 Å². The molecule has 4 aromatic rings. The summed E-state index contributed by atoms with van der Waals surface area (Å²) in [5.41, 5.74) is 4.47. The van der Waals surface area contributed by atoms with E-state index in [0.29, 0.717) is 93.4 Å². The first-order valence-corrected chi connectivity index (χ1v) is 21.5. The number of aryl methyl sites for hydroxylation is 1. The van der Waals surface area contributed by atoms with Gasteiger partial charge in [-0.15, -0.1) is 22.9 Å². The SMILES string of the molecule is Cc1csc2c(OC(=O)N3CCN(C)CC3)cc3c(c12)[C@@H](CCl)CN3C(=O)c1cc2cc(NC(=O)CCCCCC(=O)CCCCCN3C(=O)C=CC3=O)ccc2[nH]1. The number of anilines is 2. The van der Waals surface area contributed by atoms with Gasteiger partial charge in [0, 0.05) is 111 Å². The van der Waals surface area contributed by atoms with E-state index in [2.05, 4.69) is 15.2 Å². The molecule has 2 aromatic heterocycles. The Morgan fingerprint density at radius 1 is 0.914 bits per heavy atom. The third kappa shape index (κ3) is 9.14. The van der Waals surface area contributed by atoms with Crippen LogP contribution in [0.25, 0.3) is 21.0 Å². The largest absolute Gasteiger partial charge is 0.415 e. The van der Waals surface area contributed by atoms with E-state index in [0.717, 1.165) is 64.5 Å². The lowest BCUT2D eigenvalue weighted by Gasteiger charge is -2.31. The summed E-state index contributed by atoms with van der Waals surface area (Å²) in [6.07, 6.45) is 7.74. The number of likely N-dealkylation sites (N-methyl/N-ethyl adjacent to an activating group) is 1. The lowest BCUT2D eigenvalue weighted by atomic mass is 9.97. The van der Waals surface area contributed by atoms with Crippen LogP contribution in [0.1, 0.15) is 85.3 Å². The number of Topliss-reactive ketones (excluding diaryl/α,β-unsaturated/α-hetero) is 1. The zero-order chi connectivity index (χ0) is 40.9. The molecule has 13 nitrogen and oxygen atoms in total. The van der Waals surface area contributed by atoms with Crippen LogP contribution in [0.5, 0.6) is 5.75 Å². The molecule has 0 unspecified atom stereocenters. The minimum atomic E-state index is -0.400. The molecule has 0 bridgehead atoms. The zero-order valence-electron chi connectivity index (χ0n) is 32.9. The number of fused-ring (bicyclic) bond motifs is 4. The van der Waals surface area contributed by atoms with Gasteiger partial charge in [0.05, 0.1) is 10.4 Å². The number of halogens is 1. The topological polar surface area (TPSA) is 152 Å². The number of carbonyl (C=O) groups is 6. The molecule has 1 fully saturated rings. The number of imide groups is 1. The monoisotopic (exact) mass is 828 g/mol. The Kier molecular flexibility index (Phi) is 12.9. The number of hydrogen-bond donors (Lipinski definition) is 2. The molecule has 5 amide bonds. The molecule has 3 aliphatic rings. The average molecular weight is 829 g/mol. The Morgan fingerprint density at radius 2 is 1.62 bits per heavy atom. The number of aromatic nitrogens is 1. The highest BCUT2D eigenvalue weighted by Gasteiger charge is 2.37. The van der Waals surface area contributed by atoms with Crippen LogP contribution in [-0.2, 0) is 19.2 Å². The maximum atomic E-state index is 14.2. The van der Waals surface area contributed by atoms with Gasteiger partial charge in [0.15, 0.2) is 5.75 Å². The Balaban J connectivity index is 0.917. The number of piperazine rings is 1. The molecule has 306 valence electrons. The van der Waals surface area contributed by atoms with E-state index >= 15 is 0 Å². The molecule has 0 saturated carbocycles. The summed E-state index contributed by atoms with van der Waals surface area (Å²) in [5.74, 6) is -0.0710. The first kappa shape index (κ1) is 41.1. The van der Waals surface area contributed by atoms with Crippen molar-refractivity contribution in [1.82, 2.24) is 19.7 Å². The number of alkyl halides is 1. The molecule has 0 spiro atoms. The number of ether oxygens (including phenoxy) is 1. The number of unbranched alkanes of at least 4 members (excludes halogenated alkanes) is 4. The molecule has 1 saturated heterocycles. The van der Waals surface area contributed by atoms with Gasteiger partial charge in [0.2, 0.25) is 5.91 Å². The van der Waals surface area contributed by atoms with Crippen molar-refractivity contribution in [1.29, 1.82) is 0 Å². The van der Waals surface area contributed by atoms with Crippen LogP contribution in [0.2, 0.25) is 0 Å². The minimum absolute atomic E-state index is 0.104. The normalized spacial score (nSPS) is 16.9. The lowest BCUT2D eigenvalue weighted by Crippen LogP contribution is -2.48. The van der Waals surface area contributed by atoms with Gasteiger partial charge in [0.25, 0.3) is 17.7 Å². The summed E-state index contributed by atoms with van der Waals surface area (Å²) < 4.78 is 6.92. The van der Waals surface area contributed by atoms with E-state index in [1.54, 1.807) is 21.9 Å². The Bertz CT molecular complexity index is 2260. The number of carbonyl (C=O) groups excluding carboxylic acids is 6. The maximum absolute atomic E-state index is 14.2. The summed E-state index contributed by atoms with van der Waals surface area (Å²) in [5, 5.41) is 6.75. The lowest BCUT2D eigenvalue weighted by molar-refractivity contribution is -0.137. The van der Waals surface area contributed by atoms with Gasteiger partial charge in [-0.2, -0.15) is 0 Å². The quantitative estimate of drug-likeness (QED) is 0.0676. The molecule has 7 rings (SSSR count). The Labute approximate surface area is 346 Å². The van der Waals surface area contributed by atoms with Crippen LogP contribution in [0, 0.1) is 6.92 Å². The Morgan fingerprint density at radius 3 is 2.34 bits per heavy atom. The van der Waals surface area contributed by atoms with Crippen LogP contribution in [-0.4, -0.2) is 107 Å².